The standard InChI is InChI=1S/C18H22N4O.ClH/c23-17(21-12-8-18(9-13-21)7-10-19-14-18)16-6-11-22(20-16)15-4-2-1-3-5-15;/h1-6,11,19H,7-10,12-14H2;1H. The summed E-state index contributed by atoms with van der Waals surface area (Å²) >= 11 is 0. The molecule has 0 unspecified atom stereocenters. The fourth-order valence-electron chi connectivity index (χ4n) is 3.73. The van der Waals surface area contributed by atoms with Gasteiger partial charge in [0.25, 0.3) is 5.91 Å². The van der Waals surface area contributed by atoms with Crippen LogP contribution in [0.4, 0.5) is 0 Å². The Labute approximate surface area is 148 Å². The molecule has 24 heavy (non-hydrogen) atoms. The monoisotopic (exact) mass is 346 g/mol. The smallest absolute Gasteiger partial charge is 0.274 e. The molecule has 2 saturated heterocycles. The average Bonchev–Trinajstić information content (AvgIpc) is 3.26. The topological polar surface area (TPSA) is 50.2 Å². The summed E-state index contributed by atoms with van der Waals surface area (Å²) in [4.78, 5) is 14.6. The zero-order valence-electron chi connectivity index (χ0n) is 13.6. The molecule has 0 radical (unpaired) electrons. The van der Waals surface area contributed by atoms with E-state index in [1.165, 1.54) is 6.42 Å². The molecule has 1 amide bonds. The number of aromatic nitrogens is 2. The minimum atomic E-state index is 0. The van der Waals surface area contributed by atoms with E-state index >= 15 is 0 Å². The van der Waals surface area contributed by atoms with Crippen molar-refractivity contribution in [2.24, 2.45) is 5.41 Å². The highest BCUT2D eigenvalue weighted by Crippen LogP contribution is 2.37. The van der Waals surface area contributed by atoms with Gasteiger partial charge in [0.1, 0.15) is 0 Å². The van der Waals surface area contributed by atoms with E-state index in [4.69, 9.17) is 0 Å². The molecule has 2 fully saturated rings. The molecule has 0 bridgehead atoms. The molecular formula is C18H23ClN4O. The summed E-state index contributed by atoms with van der Waals surface area (Å²) in [6.07, 6.45) is 5.31. The second-order valence-corrected chi connectivity index (χ2v) is 6.70. The summed E-state index contributed by atoms with van der Waals surface area (Å²) in [5.74, 6) is 0.0560. The Kier molecular flexibility index (Phi) is 4.92. The predicted molar refractivity (Wildman–Crippen MR) is 95.9 cm³/mol. The molecule has 2 aromatic rings. The number of benzene rings is 1. The van der Waals surface area contributed by atoms with Crippen molar-refractivity contribution in [3.05, 3.63) is 48.3 Å². The maximum Gasteiger partial charge on any atom is 0.274 e. The van der Waals surface area contributed by atoms with Crippen molar-refractivity contribution in [3.63, 3.8) is 0 Å². The highest BCUT2D eigenvalue weighted by molar-refractivity contribution is 5.92. The number of para-hydroxylation sites is 1. The Morgan fingerprint density at radius 3 is 2.50 bits per heavy atom. The zero-order valence-corrected chi connectivity index (χ0v) is 14.5. The molecule has 3 heterocycles. The highest BCUT2D eigenvalue weighted by Gasteiger charge is 2.38. The molecule has 128 valence electrons. The lowest BCUT2D eigenvalue weighted by Gasteiger charge is -2.38. The number of halogens is 1. The average molecular weight is 347 g/mol. The molecule has 1 spiro atoms. The number of amides is 1. The Hall–Kier alpha value is -1.85. The summed E-state index contributed by atoms with van der Waals surface area (Å²) in [5.41, 5.74) is 1.94. The fraction of sp³-hybridized carbons (Fsp3) is 0.444. The number of carbonyl (C=O) groups is 1. The zero-order chi connectivity index (χ0) is 15.7. The first kappa shape index (κ1) is 17.0. The molecule has 2 aliphatic heterocycles. The third-order valence-electron chi connectivity index (χ3n) is 5.27. The van der Waals surface area contributed by atoms with Crippen LogP contribution in [0.15, 0.2) is 42.6 Å². The largest absolute Gasteiger partial charge is 0.337 e. The fourth-order valence-corrected chi connectivity index (χ4v) is 3.73. The maximum atomic E-state index is 12.7. The van der Waals surface area contributed by atoms with Crippen LogP contribution in [0.25, 0.3) is 5.69 Å². The van der Waals surface area contributed by atoms with Crippen LogP contribution in [-0.4, -0.2) is 46.8 Å². The van der Waals surface area contributed by atoms with Crippen molar-refractivity contribution in [2.75, 3.05) is 26.2 Å². The van der Waals surface area contributed by atoms with Crippen LogP contribution in [0.1, 0.15) is 29.8 Å². The quantitative estimate of drug-likeness (QED) is 0.909. The van der Waals surface area contributed by atoms with Gasteiger partial charge < -0.3 is 10.2 Å². The van der Waals surface area contributed by atoms with Crippen molar-refractivity contribution in [1.82, 2.24) is 20.0 Å². The van der Waals surface area contributed by atoms with Gasteiger partial charge in [-0.1, -0.05) is 18.2 Å². The van der Waals surface area contributed by atoms with Crippen LogP contribution < -0.4 is 5.32 Å². The van der Waals surface area contributed by atoms with Crippen molar-refractivity contribution in [3.8, 4) is 5.69 Å². The predicted octanol–water partition coefficient (Wildman–Crippen LogP) is 2.51. The summed E-state index contributed by atoms with van der Waals surface area (Å²) in [6, 6.07) is 11.7. The normalized spacial score (nSPS) is 19.2. The van der Waals surface area contributed by atoms with Gasteiger partial charge in [-0.05, 0) is 49.4 Å². The molecule has 0 atom stereocenters. The minimum Gasteiger partial charge on any atom is -0.337 e. The van der Waals surface area contributed by atoms with Gasteiger partial charge in [-0.2, -0.15) is 5.10 Å². The number of hydrogen-bond donors (Lipinski definition) is 1. The highest BCUT2D eigenvalue weighted by atomic mass is 35.5. The van der Waals surface area contributed by atoms with Gasteiger partial charge in [0.05, 0.1) is 5.69 Å². The number of piperidine rings is 1. The van der Waals surface area contributed by atoms with E-state index in [1.807, 2.05) is 47.5 Å². The van der Waals surface area contributed by atoms with Gasteiger partial charge in [-0.15, -0.1) is 12.4 Å². The van der Waals surface area contributed by atoms with E-state index in [0.29, 0.717) is 11.1 Å². The minimum absolute atomic E-state index is 0. The van der Waals surface area contributed by atoms with E-state index in [0.717, 1.165) is 44.7 Å². The Morgan fingerprint density at radius 1 is 1.08 bits per heavy atom. The van der Waals surface area contributed by atoms with Crippen LogP contribution >= 0.6 is 12.4 Å². The number of carbonyl (C=O) groups excluding carboxylic acids is 1. The summed E-state index contributed by atoms with van der Waals surface area (Å²) in [7, 11) is 0. The molecule has 2 aliphatic rings. The lowest BCUT2D eigenvalue weighted by molar-refractivity contribution is 0.0601. The summed E-state index contributed by atoms with van der Waals surface area (Å²) in [6.45, 7) is 3.92. The van der Waals surface area contributed by atoms with Gasteiger partial charge in [0, 0.05) is 25.8 Å². The number of hydrogen-bond acceptors (Lipinski definition) is 3. The van der Waals surface area contributed by atoms with E-state index in [2.05, 4.69) is 10.4 Å². The molecule has 0 aliphatic carbocycles. The van der Waals surface area contributed by atoms with Crippen molar-refractivity contribution >= 4 is 18.3 Å². The van der Waals surface area contributed by atoms with Gasteiger partial charge >= 0.3 is 0 Å². The van der Waals surface area contributed by atoms with E-state index in [9.17, 15) is 4.79 Å². The third kappa shape index (κ3) is 3.19. The van der Waals surface area contributed by atoms with Gasteiger partial charge in [0.15, 0.2) is 5.69 Å². The van der Waals surface area contributed by atoms with Crippen LogP contribution in [0.3, 0.4) is 0 Å². The molecule has 1 N–H and O–H groups in total. The first-order chi connectivity index (χ1) is 11.3. The van der Waals surface area contributed by atoms with Crippen LogP contribution in [0, 0.1) is 5.41 Å². The molecule has 4 rings (SSSR count). The van der Waals surface area contributed by atoms with Crippen LogP contribution in [0.5, 0.6) is 0 Å². The lowest BCUT2D eigenvalue weighted by atomic mass is 9.78. The van der Waals surface area contributed by atoms with Crippen LogP contribution in [-0.2, 0) is 0 Å². The van der Waals surface area contributed by atoms with Crippen LogP contribution in [0.2, 0.25) is 0 Å². The van der Waals surface area contributed by atoms with Gasteiger partial charge in [0.2, 0.25) is 0 Å². The second kappa shape index (κ2) is 6.95. The van der Waals surface area contributed by atoms with Crippen molar-refractivity contribution in [1.29, 1.82) is 0 Å². The SMILES string of the molecule is Cl.O=C(c1ccn(-c2ccccc2)n1)N1CCC2(CCNC2)CC1. The Bertz CT molecular complexity index is 684. The van der Waals surface area contributed by atoms with Gasteiger partial charge in [-0.3, -0.25) is 4.79 Å². The maximum absolute atomic E-state index is 12.7. The van der Waals surface area contributed by atoms with Crippen molar-refractivity contribution < 1.29 is 4.79 Å². The summed E-state index contributed by atoms with van der Waals surface area (Å²) < 4.78 is 1.76. The summed E-state index contributed by atoms with van der Waals surface area (Å²) in [5, 5.41) is 7.92. The van der Waals surface area contributed by atoms with Gasteiger partial charge in [-0.25, -0.2) is 4.68 Å². The molecule has 1 aromatic heterocycles. The molecule has 1 aromatic carbocycles. The first-order valence-corrected chi connectivity index (χ1v) is 8.37. The third-order valence-corrected chi connectivity index (χ3v) is 5.27. The molecule has 0 saturated carbocycles. The molecular weight excluding hydrogens is 324 g/mol. The number of rotatable bonds is 2. The van der Waals surface area contributed by atoms with E-state index < -0.39 is 0 Å². The lowest BCUT2D eigenvalue weighted by Crippen LogP contribution is -2.44. The van der Waals surface area contributed by atoms with E-state index in [1.54, 1.807) is 4.68 Å². The second-order valence-electron chi connectivity index (χ2n) is 6.70. The molecule has 6 heteroatoms. The number of nitrogens with zero attached hydrogens (tertiary/aromatic N) is 3. The van der Waals surface area contributed by atoms with E-state index in [-0.39, 0.29) is 18.3 Å². The Balaban J connectivity index is 0.00000169. The van der Waals surface area contributed by atoms with Crippen molar-refractivity contribution in [2.45, 2.75) is 19.3 Å². The number of likely N-dealkylation sites (tertiary alicyclic amines) is 1. The Morgan fingerprint density at radius 2 is 1.83 bits per heavy atom. The first-order valence-electron chi connectivity index (χ1n) is 8.37. The molecule has 5 nitrogen and oxygen atoms in total. The number of nitrogens with one attached hydrogen (secondary N) is 1.